The molecule has 0 heterocycles. The number of ether oxygens (including phenoxy) is 2. The Labute approximate surface area is 90.6 Å². The van der Waals surface area contributed by atoms with Gasteiger partial charge in [-0.2, -0.15) is 0 Å². The minimum Gasteiger partial charge on any atom is -0.507 e. The van der Waals surface area contributed by atoms with Gasteiger partial charge in [-0.15, -0.1) is 0 Å². The molecule has 0 fully saturated rings. The van der Waals surface area contributed by atoms with E-state index >= 15 is 0 Å². The van der Waals surface area contributed by atoms with Gasteiger partial charge in [0.05, 0.1) is 6.61 Å². The number of benzene rings is 1. The van der Waals surface area contributed by atoms with Gasteiger partial charge in [0.15, 0.2) is 0 Å². The van der Waals surface area contributed by atoms with Crippen molar-refractivity contribution in [2.24, 2.45) is 0 Å². The van der Waals surface area contributed by atoms with E-state index in [9.17, 15) is 5.11 Å². The van der Waals surface area contributed by atoms with Crippen molar-refractivity contribution in [2.45, 2.75) is 20.8 Å². The molecule has 0 unspecified atom stereocenters. The fourth-order valence-corrected chi connectivity index (χ4v) is 1.36. The van der Waals surface area contributed by atoms with Crippen LogP contribution in [0.4, 0.5) is 0 Å². The van der Waals surface area contributed by atoms with E-state index in [1.165, 1.54) is 0 Å². The molecule has 0 bridgehead atoms. The Morgan fingerprint density at radius 1 is 1.13 bits per heavy atom. The van der Waals surface area contributed by atoms with Crippen LogP contribution in [-0.4, -0.2) is 24.9 Å². The Morgan fingerprint density at radius 3 is 2.27 bits per heavy atom. The number of hydrogen-bond donors (Lipinski definition) is 1. The summed E-state index contributed by atoms with van der Waals surface area (Å²) in [7, 11) is 0. The second-order valence-corrected chi connectivity index (χ2v) is 3.45. The highest BCUT2D eigenvalue weighted by atomic mass is 16.5. The van der Waals surface area contributed by atoms with E-state index in [1.807, 2.05) is 32.9 Å². The second kappa shape index (κ2) is 5.61. The van der Waals surface area contributed by atoms with Crippen molar-refractivity contribution < 1.29 is 14.6 Å². The molecule has 0 saturated carbocycles. The highest BCUT2D eigenvalue weighted by Gasteiger charge is 2.03. The van der Waals surface area contributed by atoms with Crippen LogP contribution in [0.5, 0.6) is 11.5 Å². The number of phenolic OH excluding ortho intramolecular Hbond substituents is 1. The van der Waals surface area contributed by atoms with Crippen molar-refractivity contribution in [3.63, 3.8) is 0 Å². The second-order valence-electron chi connectivity index (χ2n) is 3.45. The lowest BCUT2D eigenvalue weighted by Gasteiger charge is -2.09. The summed E-state index contributed by atoms with van der Waals surface area (Å²) in [4.78, 5) is 0. The maximum Gasteiger partial charge on any atom is 0.121 e. The van der Waals surface area contributed by atoms with Crippen LogP contribution in [0.2, 0.25) is 0 Å². The summed E-state index contributed by atoms with van der Waals surface area (Å²) in [6, 6.07) is 3.66. The van der Waals surface area contributed by atoms with Crippen LogP contribution < -0.4 is 4.74 Å². The SMILES string of the molecule is CCOCCOc1cc(C)c(O)c(C)c1. The zero-order valence-corrected chi connectivity index (χ0v) is 9.54. The molecule has 0 amide bonds. The summed E-state index contributed by atoms with van der Waals surface area (Å²) < 4.78 is 10.7. The van der Waals surface area contributed by atoms with Gasteiger partial charge >= 0.3 is 0 Å². The third-order valence-corrected chi connectivity index (χ3v) is 2.17. The molecule has 3 heteroatoms. The molecule has 1 aromatic rings. The molecule has 15 heavy (non-hydrogen) atoms. The largest absolute Gasteiger partial charge is 0.507 e. The minimum absolute atomic E-state index is 0.340. The molecule has 0 atom stereocenters. The van der Waals surface area contributed by atoms with E-state index in [2.05, 4.69) is 0 Å². The van der Waals surface area contributed by atoms with E-state index < -0.39 is 0 Å². The highest BCUT2D eigenvalue weighted by molar-refractivity contribution is 5.44. The Kier molecular flexibility index (Phi) is 4.43. The van der Waals surface area contributed by atoms with Crippen molar-refractivity contribution >= 4 is 0 Å². The molecule has 1 rings (SSSR count). The third kappa shape index (κ3) is 3.44. The van der Waals surface area contributed by atoms with E-state index in [-0.39, 0.29) is 0 Å². The molecule has 3 nitrogen and oxygen atoms in total. The molecule has 1 N–H and O–H groups in total. The fraction of sp³-hybridized carbons (Fsp3) is 0.500. The van der Waals surface area contributed by atoms with Gasteiger partial charge in [-0.1, -0.05) is 0 Å². The first kappa shape index (κ1) is 11.9. The van der Waals surface area contributed by atoms with Gasteiger partial charge in [-0.3, -0.25) is 0 Å². The summed E-state index contributed by atoms with van der Waals surface area (Å²) in [6.07, 6.45) is 0. The van der Waals surface area contributed by atoms with Crippen LogP contribution in [0, 0.1) is 13.8 Å². The summed E-state index contributed by atoms with van der Waals surface area (Å²) >= 11 is 0. The Bertz CT molecular complexity index is 298. The molecule has 0 aliphatic rings. The number of aryl methyl sites for hydroxylation is 2. The van der Waals surface area contributed by atoms with Crippen LogP contribution in [-0.2, 0) is 4.74 Å². The van der Waals surface area contributed by atoms with Gasteiger partial charge in [0.25, 0.3) is 0 Å². The molecule has 84 valence electrons. The molecule has 0 aliphatic carbocycles. The van der Waals surface area contributed by atoms with Crippen LogP contribution in [0.15, 0.2) is 12.1 Å². The first-order chi connectivity index (χ1) is 7.15. The number of rotatable bonds is 5. The van der Waals surface area contributed by atoms with E-state index in [0.717, 1.165) is 16.9 Å². The zero-order chi connectivity index (χ0) is 11.3. The smallest absolute Gasteiger partial charge is 0.121 e. The number of phenols is 1. The summed E-state index contributed by atoms with van der Waals surface area (Å²) in [5.41, 5.74) is 1.67. The number of aromatic hydroxyl groups is 1. The first-order valence-corrected chi connectivity index (χ1v) is 5.16. The fourth-order valence-electron chi connectivity index (χ4n) is 1.36. The summed E-state index contributed by atoms with van der Waals surface area (Å²) in [6.45, 7) is 7.51. The van der Waals surface area contributed by atoms with Crippen LogP contribution in [0.1, 0.15) is 18.1 Å². The van der Waals surface area contributed by atoms with Gasteiger partial charge in [-0.05, 0) is 44.0 Å². The molecule has 0 saturated heterocycles. The van der Waals surface area contributed by atoms with Crippen LogP contribution in [0.3, 0.4) is 0 Å². The van der Waals surface area contributed by atoms with Crippen molar-refractivity contribution in [1.29, 1.82) is 0 Å². The summed E-state index contributed by atoms with van der Waals surface area (Å²) in [5.74, 6) is 1.12. The maximum absolute atomic E-state index is 9.56. The molecule has 0 spiro atoms. The van der Waals surface area contributed by atoms with Crippen molar-refractivity contribution in [3.05, 3.63) is 23.3 Å². The Hall–Kier alpha value is -1.22. The maximum atomic E-state index is 9.56. The van der Waals surface area contributed by atoms with Crippen molar-refractivity contribution in [2.75, 3.05) is 19.8 Å². The molecule has 0 radical (unpaired) electrons. The summed E-state index contributed by atoms with van der Waals surface area (Å²) in [5, 5.41) is 9.56. The van der Waals surface area contributed by atoms with Gasteiger partial charge in [0, 0.05) is 6.61 Å². The van der Waals surface area contributed by atoms with E-state index in [1.54, 1.807) is 0 Å². The topological polar surface area (TPSA) is 38.7 Å². The average Bonchev–Trinajstić information content (AvgIpc) is 2.21. The molecule has 0 aromatic heterocycles. The minimum atomic E-state index is 0.340. The molecule has 1 aromatic carbocycles. The zero-order valence-electron chi connectivity index (χ0n) is 9.54. The van der Waals surface area contributed by atoms with Gasteiger partial charge in [-0.25, -0.2) is 0 Å². The average molecular weight is 210 g/mol. The Balaban J connectivity index is 2.55. The predicted molar refractivity (Wildman–Crippen MR) is 59.6 cm³/mol. The lowest BCUT2D eigenvalue weighted by Crippen LogP contribution is -2.06. The lowest BCUT2D eigenvalue weighted by atomic mass is 10.1. The molecule has 0 aliphatic heterocycles. The van der Waals surface area contributed by atoms with Crippen molar-refractivity contribution in [3.8, 4) is 11.5 Å². The Morgan fingerprint density at radius 2 is 1.73 bits per heavy atom. The lowest BCUT2D eigenvalue weighted by molar-refractivity contribution is 0.110. The molecular weight excluding hydrogens is 192 g/mol. The van der Waals surface area contributed by atoms with Gasteiger partial charge in [0.1, 0.15) is 18.1 Å². The third-order valence-electron chi connectivity index (χ3n) is 2.17. The quantitative estimate of drug-likeness (QED) is 0.758. The van der Waals surface area contributed by atoms with E-state index in [4.69, 9.17) is 9.47 Å². The molecular formula is C12H18O3. The predicted octanol–water partition coefficient (Wildman–Crippen LogP) is 2.42. The van der Waals surface area contributed by atoms with Gasteiger partial charge < -0.3 is 14.6 Å². The first-order valence-electron chi connectivity index (χ1n) is 5.16. The van der Waals surface area contributed by atoms with Gasteiger partial charge in [0.2, 0.25) is 0 Å². The van der Waals surface area contributed by atoms with Crippen molar-refractivity contribution in [1.82, 2.24) is 0 Å². The van der Waals surface area contributed by atoms with Crippen LogP contribution in [0.25, 0.3) is 0 Å². The monoisotopic (exact) mass is 210 g/mol. The highest BCUT2D eigenvalue weighted by Crippen LogP contribution is 2.26. The normalized spacial score (nSPS) is 10.3. The van der Waals surface area contributed by atoms with Crippen LogP contribution >= 0.6 is 0 Å². The van der Waals surface area contributed by atoms with E-state index in [0.29, 0.717) is 25.6 Å². The number of hydrogen-bond acceptors (Lipinski definition) is 3. The standard InChI is InChI=1S/C12H18O3/c1-4-14-5-6-15-11-7-9(2)12(13)10(3)8-11/h7-8,13H,4-6H2,1-3H3.